The zero-order valence-electron chi connectivity index (χ0n) is 16.1. The third-order valence-electron chi connectivity index (χ3n) is 4.43. The maximum absolute atomic E-state index is 13.3. The van der Waals surface area contributed by atoms with Crippen LogP contribution in [-0.4, -0.2) is 29.8 Å². The Kier molecular flexibility index (Phi) is 7.73. The number of rotatable bonds is 4. The van der Waals surface area contributed by atoms with Gasteiger partial charge in [0.15, 0.2) is 11.6 Å². The van der Waals surface area contributed by atoms with Crippen molar-refractivity contribution in [1.29, 1.82) is 0 Å². The van der Waals surface area contributed by atoms with Crippen molar-refractivity contribution in [2.24, 2.45) is 11.7 Å². The number of hydrogen-bond donors (Lipinski definition) is 2. The fourth-order valence-corrected chi connectivity index (χ4v) is 2.90. The number of carbonyl (C=O) groups excluding carboxylic acids is 2. The first-order valence-corrected chi connectivity index (χ1v) is 9.05. The van der Waals surface area contributed by atoms with Crippen LogP contribution in [0.4, 0.5) is 23.2 Å². The largest absolute Gasteiger partial charge is 0.494 e. The lowest BCUT2D eigenvalue weighted by molar-refractivity contribution is -0.127. The van der Waals surface area contributed by atoms with E-state index in [1.807, 2.05) is 0 Å². The van der Waals surface area contributed by atoms with Gasteiger partial charge in [-0.1, -0.05) is 6.07 Å². The Hall–Kier alpha value is -3.17. The molecule has 6 nitrogen and oxygen atoms in total. The molecule has 1 heterocycles. The highest BCUT2D eigenvalue weighted by Crippen LogP contribution is 2.37. The number of anilines is 1. The average molecular weight is 427 g/mol. The Balaban J connectivity index is 0.000000269. The first kappa shape index (κ1) is 23.1. The molecule has 3 N–H and O–H groups in total. The van der Waals surface area contributed by atoms with Crippen LogP contribution < -0.4 is 15.8 Å². The number of halogens is 4. The first-order chi connectivity index (χ1) is 14.1. The van der Waals surface area contributed by atoms with Gasteiger partial charge in [-0.2, -0.15) is 4.39 Å². The number of methoxy groups -OCH3 is 1. The summed E-state index contributed by atoms with van der Waals surface area (Å²) in [5, 5.41) is 2.53. The summed E-state index contributed by atoms with van der Waals surface area (Å²) >= 11 is 0. The van der Waals surface area contributed by atoms with Crippen LogP contribution in [0.1, 0.15) is 36.2 Å². The summed E-state index contributed by atoms with van der Waals surface area (Å²) < 4.78 is 55.8. The van der Waals surface area contributed by atoms with Gasteiger partial charge in [-0.05, 0) is 37.1 Å². The van der Waals surface area contributed by atoms with Crippen molar-refractivity contribution in [2.45, 2.75) is 31.6 Å². The van der Waals surface area contributed by atoms with E-state index >= 15 is 0 Å². The third kappa shape index (κ3) is 6.43. The van der Waals surface area contributed by atoms with Gasteiger partial charge < -0.3 is 15.8 Å². The highest BCUT2D eigenvalue weighted by atomic mass is 19.3. The molecule has 30 heavy (non-hydrogen) atoms. The SMILES string of the molecule is COc1cccc(F)c1F.NC(=O)c1ccc(NC(=O)[C@H]2CCCC(F)(F)C2)cn1. The minimum absolute atomic E-state index is 0.0694. The van der Waals surface area contributed by atoms with E-state index in [0.29, 0.717) is 18.5 Å². The van der Waals surface area contributed by atoms with Crippen molar-refractivity contribution in [3.63, 3.8) is 0 Å². The molecular formula is C20H21F4N3O3. The van der Waals surface area contributed by atoms with Crippen LogP contribution in [0.2, 0.25) is 0 Å². The molecule has 1 fully saturated rings. The predicted octanol–water partition coefficient (Wildman–Crippen LogP) is 3.92. The second kappa shape index (κ2) is 10.0. The Morgan fingerprint density at radius 1 is 1.23 bits per heavy atom. The molecular weight excluding hydrogens is 406 g/mol. The molecule has 1 atom stereocenters. The summed E-state index contributed by atoms with van der Waals surface area (Å²) in [5.74, 6) is -6.49. The van der Waals surface area contributed by atoms with E-state index in [2.05, 4.69) is 15.0 Å². The van der Waals surface area contributed by atoms with Gasteiger partial charge >= 0.3 is 0 Å². The smallest absolute Gasteiger partial charge is 0.267 e. The van der Waals surface area contributed by atoms with Crippen molar-refractivity contribution in [2.75, 3.05) is 12.4 Å². The normalized spacial score (nSPS) is 17.3. The second-order valence-corrected chi connectivity index (χ2v) is 6.69. The maximum Gasteiger partial charge on any atom is 0.267 e. The zero-order chi connectivity index (χ0) is 22.3. The number of nitrogens with two attached hydrogens (primary N) is 1. The van der Waals surface area contributed by atoms with Crippen LogP contribution in [0.5, 0.6) is 5.75 Å². The van der Waals surface area contributed by atoms with Crippen molar-refractivity contribution in [1.82, 2.24) is 4.98 Å². The minimum atomic E-state index is -2.77. The lowest BCUT2D eigenvalue weighted by atomic mass is 9.86. The topological polar surface area (TPSA) is 94.3 Å². The lowest BCUT2D eigenvalue weighted by Gasteiger charge is -2.27. The fourth-order valence-electron chi connectivity index (χ4n) is 2.90. The summed E-state index contributed by atoms with van der Waals surface area (Å²) in [7, 11) is 1.29. The van der Waals surface area contributed by atoms with E-state index in [9.17, 15) is 27.2 Å². The molecule has 3 rings (SSSR count). The van der Waals surface area contributed by atoms with E-state index in [-0.39, 0.29) is 17.9 Å². The summed E-state index contributed by atoms with van der Waals surface area (Å²) in [5.41, 5.74) is 5.47. The number of primary amides is 1. The summed E-state index contributed by atoms with van der Waals surface area (Å²) in [6, 6.07) is 6.62. The number of benzene rings is 1. The maximum atomic E-state index is 13.3. The van der Waals surface area contributed by atoms with Crippen molar-refractivity contribution in [3.05, 3.63) is 53.9 Å². The van der Waals surface area contributed by atoms with Crippen LogP contribution in [0.3, 0.4) is 0 Å². The summed E-state index contributed by atoms with van der Waals surface area (Å²) in [6.07, 6.45) is 1.48. The number of pyridine rings is 1. The van der Waals surface area contributed by atoms with Gasteiger partial charge in [0.25, 0.3) is 5.91 Å². The predicted molar refractivity (Wildman–Crippen MR) is 101 cm³/mol. The van der Waals surface area contributed by atoms with E-state index in [4.69, 9.17) is 5.73 Å². The van der Waals surface area contributed by atoms with Crippen molar-refractivity contribution < 1.29 is 31.9 Å². The Labute approximate surface area is 170 Å². The lowest BCUT2D eigenvalue weighted by Crippen LogP contribution is -2.33. The van der Waals surface area contributed by atoms with Gasteiger partial charge in [0, 0.05) is 18.8 Å². The minimum Gasteiger partial charge on any atom is -0.494 e. The molecule has 1 aliphatic rings. The molecule has 0 saturated heterocycles. The number of amides is 2. The molecule has 2 amide bonds. The first-order valence-electron chi connectivity index (χ1n) is 9.05. The zero-order valence-corrected chi connectivity index (χ0v) is 16.1. The molecule has 2 aromatic rings. The number of nitrogens with zero attached hydrogens (tertiary/aromatic N) is 1. The number of hydrogen-bond acceptors (Lipinski definition) is 4. The third-order valence-corrected chi connectivity index (χ3v) is 4.43. The average Bonchev–Trinajstić information content (AvgIpc) is 2.70. The molecule has 0 aliphatic heterocycles. The van der Waals surface area contributed by atoms with Gasteiger partial charge in [0.1, 0.15) is 5.69 Å². The van der Waals surface area contributed by atoms with Gasteiger partial charge in [0.05, 0.1) is 19.0 Å². The molecule has 1 aliphatic carbocycles. The van der Waals surface area contributed by atoms with Crippen molar-refractivity contribution >= 4 is 17.5 Å². The summed E-state index contributed by atoms with van der Waals surface area (Å²) in [4.78, 5) is 26.5. The molecule has 10 heteroatoms. The molecule has 0 bridgehead atoms. The van der Waals surface area contributed by atoms with Gasteiger partial charge in [0.2, 0.25) is 17.6 Å². The van der Waals surface area contributed by atoms with Crippen molar-refractivity contribution in [3.8, 4) is 5.75 Å². The van der Waals surface area contributed by atoms with Gasteiger partial charge in [-0.15, -0.1) is 0 Å². The molecule has 1 aromatic carbocycles. The molecule has 162 valence electrons. The van der Waals surface area contributed by atoms with Gasteiger partial charge in [-0.3, -0.25) is 9.59 Å². The highest BCUT2D eigenvalue weighted by Gasteiger charge is 2.39. The monoisotopic (exact) mass is 427 g/mol. The van der Waals surface area contributed by atoms with Gasteiger partial charge in [-0.25, -0.2) is 18.2 Å². The Bertz CT molecular complexity index is 891. The fraction of sp³-hybridized carbons (Fsp3) is 0.350. The molecule has 0 radical (unpaired) electrons. The van der Waals surface area contributed by atoms with E-state index in [1.165, 1.54) is 37.6 Å². The molecule has 1 aromatic heterocycles. The number of carbonyl (C=O) groups is 2. The Morgan fingerprint density at radius 3 is 2.50 bits per heavy atom. The molecule has 0 unspecified atom stereocenters. The highest BCUT2D eigenvalue weighted by molar-refractivity contribution is 5.94. The summed E-state index contributed by atoms with van der Waals surface area (Å²) in [6.45, 7) is 0. The molecule has 1 saturated carbocycles. The van der Waals surface area contributed by atoms with E-state index in [0.717, 1.165) is 6.07 Å². The number of alkyl halides is 2. The van der Waals surface area contributed by atoms with Crippen LogP contribution in [0.15, 0.2) is 36.5 Å². The van der Waals surface area contributed by atoms with E-state index in [1.54, 1.807) is 0 Å². The van der Waals surface area contributed by atoms with Crippen LogP contribution in [0, 0.1) is 17.6 Å². The quantitative estimate of drug-likeness (QED) is 0.724. The number of nitrogens with one attached hydrogen (secondary N) is 1. The van der Waals surface area contributed by atoms with E-state index < -0.39 is 41.7 Å². The van der Waals surface area contributed by atoms with Crippen LogP contribution >= 0.6 is 0 Å². The number of ether oxygens (including phenoxy) is 1. The van der Waals surface area contributed by atoms with Crippen LogP contribution in [-0.2, 0) is 4.79 Å². The van der Waals surface area contributed by atoms with Crippen LogP contribution in [0.25, 0.3) is 0 Å². The standard InChI is InChI=1S/C13H15F2N3O2.C7H6F2O/c14-13(15)5-1-2-8(6-13)12(20)18-9-3-4-10(11(16)19)17-7-9;1-10-6-4-2-3-5(8)7(6)9/h3-4,7-8H,1-2,5-6H2,(H2,16,19)(H,18,20);2-4H,1H3/t8-;/m0./s1. The molecule has 0 spiro atoms. The Morgan fingerprint density at radius 2 is 1.97 bits per heavy atom. The second-order valence-electron chi connectivity index (χ2n) is 6.69. The number of aromatic nitrogens is 1.